The minimum atomic E-state index is -0.194. The first-order chi connectivity index (χ1) is 13.0. The highest BCUT2D eigenvalue weighted by molar-refractivity contribution is 7.99. The molecule has 0 aliphatic rings. The second kappa shape index (κ2) is 8.65. The number of anilines is 1. The topological polar surface area (TPSA) is 69.0 Å². The molecule has 1 aromatic heterocycles. The number of aromatic nitrogens is 3. The Kier molecular flexibility index (Phi) is 6.26. The summed E-state index contributed by atoms with van der Waals surface area (Å²) in [4.78, 5) is 12.4. The maximum atomic E-state index is 12.4. The second-order valence-corrected chi connectivity index (χ2v) is 7.39. The number of thioether (sulfide) groups is 1. The molecule has 1 N–H and O–H groups in total. The molecule has 1 amide bonds. The van der Waals surface area contributed by atoms with Crippen LogP contribution in [0.25, 0.3) is 5.69 Å². The van der Waals surface area contributed by atoms with E-state index in [0.29, 0.717) is 26.6 Å². The number of hydrogen-bond donors (Lipinski definition) is 1. The third-order valence-electron chi connectivity index (χ3n) is 3.69. The number of nitrogens with one attached hydrogen (secondary N) is 1. The van der Waals surface area contributed by atoms with Crippen LogP contribution in [0.5, 0.6) is 5.75 Å². The molecule has 0 spiro atoms. The zero-order chi connectivity index (χ0) is 19.4. The fourth-order valence-corrected chi connectivity index (χ4v) is 3.44. The molecule has 0 unspecified atom stereocenters. The lowest BCUT2D eigenvalue weighted by atomic mass is 10.2. The summed E-state index contributed by atoms with van der Waals surface area (Å²) in [6.45, 7) is 1.86. The number of halogens is 2. The summed E-state index contributed by atoms with van der Waals surface area (Å²) in [6.07, 6.45) is 1.58. The van der Waals surface area contributed by atoms with Gasteiger partial charge in [0.2, 0.25) is 5.91 Å². The van der Waals surface area contributed by atoms with Crippen molar-refractivity contribution in [1.82, 2.24) is 14.8 Å². The van der Waals surface area contributed by atoms with Crippen LogP contribution in [-0.4, -0.2) is 33.5 Å². The molecule has 0 atom stereocenters. The van der Waals surface area contributed by atoms with Crippen LogP contribution in [0.4, 0.5) is 5.69 Å². The predicted octanol–water partition coefficient (Wildman–Crippen LogP) is 4.62. The van der Waals surface area contributed by atoms with Crippen molar-refractivity contribution < 1.29 is 9.53 Å². The first-order valence-electron chi connectivity index (χ1n) is 7.90. The molecule has 0 bridgehead atoms. The van der Waals surface area contributed by atoms with Gasteiger partial charge in [0.05, 0.1) is 24.2 Å². The van der Waals surface area contributed by atoms with Crippen LogP contribution in [0.1, 0.15) is 5.56 Å². The number of aryl methyl sites for hydroxylation is 1. The van der Waals surface area contributed by atoms with Crippen LogP contribution < -0.4 is 10.1 Å². The average Bonchev–Trinajstić information content (AvgIpc) is 3.11. The Labute approximate surface area is 170 Å². The van der Waals surface area contributed by atoms with E-state index in [9.17, 15) is 4.79 Å². The molecule has 140 valence electrons. The van der Waals surface area contributed by atoms with Crippen LogP contribution in [0.2, 0.25) is 10.0 Å². The Morgan fingerprint density at radius 2 is 2.11 bits per heavy atom. The fourth-order valence-electron chi connectivity index (χ4n) is 2.37. The molecule has 0 aliphatic carbocycles. The molecule has 27 heavy (non-hydrogen) atoms. The van der Waals surface area contributed by atoms with E-state index < -0.39 is 0 Å². The monoisotopic (exact) mass is 422 g/mol. The molecule has 6 nitrogen and oxygen atoms in total. The fraction of sp³-hybridized carbons (Fsp3) is 0.167. The maximum absolute atomic E-state index is 12.4. The normalized spacial score (nSPS) is 10.7. The Balaban J connectivity index is 1.69. The third kappa shape index (κ3) is 4.74. The van der Waals surface area contributed by atoms with E-state index in [1.165, 1.54) is 18.9 Å². The average molecular weight is 423 g/mol. The molecule has 0 fully saturated rings. The molecular weight excluding hydrogens is 407 g/mol. The maximum Gasteiger partial charge on any atom is 0.234 e. The number of hydrogen-bond acceptors (Lipinski definition) is 5. The summed E-state index contributed by atoms with van der Waals surface area (Å²) in [5.74, 6) is 0.469. The van der Waals surface area contributed by atoms with Gasteiger partial charge in [-0.15, -0.1) is 10.2 Å². The van der Waals surface area contributed by atoms with Crippen molar-refractivity contribution in [2.45, 2.75) is 12.1 Å². The summed E-state index contributed by atoms with van der Waals surface area (Å²) in [5.41, 5.74) is 2.24. The molecule has 0 aliphatic heterocycles. The molecule has 2 aromatic carbocycles. The largest absolute Gasteiger partial charge is 0.495 e. The summed E-state index contributed by atoms with van der Waals surface area (Å²) in [7, 11) is 1.53. The molecule has 3 rings (SSSR count). The van der Waals surface area contributed by atoms with Gasteiger partial charge < -0.3 is 10.1 Å². The van der Waals surface area contributed by atoms with Gasteiger partial charge in [0, 0.05) is 16.1 Å². The van der Waals surface area contributed by atoms with Gasteiger partial charge >= 0.3 is 0 Å². The van der Waals surface area contributed by atoms with E-state index in [4.69, 9.17) is 27.9 Å². The highest BCUT2D eigenvalue weighted by atomic mass is 35.5. The van der Waals surface area contributed by atoms with E-state index in [-0.39, 0.29) is 11.7 Å². The molecule has 3 aromatic rings. The van der Waals surface area contributed by atoms with E-state index in [0.717, 1.165) is 11.3 Å². The summed E-state index contributed by atoms with van der Waals surface area (Å²) in [6, 6.07) is 10.8. The predicted molar refractivity (Wildman–Crippen MR) is 108 cm³/mol. The van der Waals surface area contributed by atoms with Crippen LogP contribution >= 0.6 is 35.0 Å². The number of nitrogens with zero attached hydrogens (tertiary/aromatic N) is 3. The van der Waals surface area contributed by atoms with Crippen LogP contribution in [-0.2, 0) is 4.79 Å². The number of amides is 1. The minimum Gasteiger partial charge on any atom is -0.495 e. The van der Waals surface area contributed by atoms with Crippen LogP contribution in [0, 0.1) is 6.92 Å². The smallest absolute Gasteiger partial charge is 0.234 e. The molecular formula is C18H16Cl2N4O2S. The minimum absolute atomic E-state index is 0.157. The van der Waals surface area contributed by atoms with E-state index in [2.05, 4.69) is 15.5 Å². The SMILES string of the molecule is COc1cc(Cl)c(C)cc1NC(=O)CSc1nncn1-c1cccc(Cl)c1. The molecule has 9 heteroatoms. The van der Waals surface area contributed by atoms with Gasteiger partial charge in [-0.2, -0.15) is 0 Å². The number of benzene rings is 2. The zero-order valence-electron chi connectivity index (χ0n) is 14.6. The number of methoxy groups -OCH3 is 1. The molecule has 0 saturated heterocycles. The van der Waals surface area contributed by atoms with Crippen LogP contribution in [0.3, 0.4) is 0 Å². The highest BCUT2D eigenvalue weighted by Gasteiger charge is 2.13. The van der Waals surface area contributed by atoms with Crippen molar-refractivity contribution >= 4 is 46.6 Å². The standard InChI is InChI=1S/C18H16Cl2N4O2S/c1-11-6-15(16(26-2)8-14(11)20)22-17(25)9-27-18-23-21-10-24(18)13-5-3-4-12(19)7-13/h3-8,10H,9H2,1-2H3,(H,22,25). The second-order valence-electron chi connectivity index (χ2n) is 5.60. The van der Waals surface area contributed by atoms with Crippen LogP contribution in [0.15, 0.2) is 47.9 Å². The van der Waals surface area contributed by atoms with Gasteiger partial charge in [-0.1, -0.05) is 41.0 Å². The lowest BCUT2D eigenvalue weighted by molar-refractivity contribution is -0.113. The van der Waals surface area contributed by atoms with Crippen molar-refractivity contribution in [3.05, 3.63) is 58.3 Å². The quantitative estimate of drug-likeness (QED) is 0.586. The lowest BCUT2D eigenvalue weighted by Crippen LogP contribution is -2.15. The number of carbonyl (C=O) groups excluding carboxylic acids is 1. The number of rotatable bonds is 6. The lowest BCUT2D eigenvalue weighted by Gasteiger charge is -2.12. The van der Waals surface area contributed by atoms with Gasteiger partial charge in [0.15, 0.2) is 5.16 Å². The molecule has 1 heterocycles. The Hall–Kier alpha value is -2.22. The molecule has 0 radical (unpaired) electrons. The highest BCUT2D eigenvalue weighted by Crippen LogP contribution is 2.31. The van der Waals surface area contributed by atoms with E-state index in [1.807, 2.05) is 19.1 Å². The van der Waals surface area contributed by atoms with Gasteiger partial charge in [0.25, 0.3) is 0 Å². The van der Waals surface area contributed by atoms with Gasteiger partial charge in [-0.25, -0.2) is 0 Å². The first kappa shape index (κ1) is 19.5. The Bertz CT molecular complexity index is 978. The van der Waals surface area contributed by atoms with Crippen molar-refractivity contribution in [2.75, 3.05) is 18.2 Å². The zero-order valence-corrected chi connectivity index (χ0v) is 16.9. The van der Waals surface area contributed by atoms with Crippen molar-refractivity contribution in [2.24, 2.45) is 0 Å². The Morgan fingerprint density at radius 3 is 2.85 bits per heavy atom. The third-order valence-corrected chi connectivity index (χ3v) is 5.28. The van der Waals surface area contributed by atoms with E-state index >= 15 is 0 Å². The molecule has 0 saturated carbocycles. The number of carbonyl (C=O) groups is 1. The van der Waals surface area contributed by atoms with Crippen molar-refractivity contribution in [3.8, 4) is 11.4 Å². The first-order valence-corrected chi connectivity index (χ1v) is 9.65. The summed E-state index contributed by atoms with van der Waals surface area (Å²) in [5, 5.41) is 12.6. The summed E-state index contributed by atoms with van der Waals surface area (Å²) < 4.78 is 7.05. The number of ether oxygens (including phenoxy) is 1. The van der Waals surface area contributed by atoms with Gasteiger partial charge in [0.1, 0.15) is 12.1 Å². The van der Waals surface area contributed by atoms with E-state index in [1.54, 1.807) is 35.2 Å². The van der Waals surface area contributed by atoms with Crippen molar-refractivity contribution in [1.29, 1.82) is 0 Å². The summed E-state index contributed by atoms with van der Waals surface area (Å²) >= 11 is 13.4. The van der Waals surface area contributed by atoms with Gasteiger partial charge in [-0.05, 0) is 36.8 Å². The van der Waals surface area contributed by atoms with Crippen molar-refractivity contribution in [3.63, 3.8) is 0 Å². The van der Waals surface area contributed by atoms with Gasteiger partial charge in [-0.3, -0.25) is 9.36 Å². The Morgan fingerprint density at radius 1 is 1.30 bits per heavy atom.